The Morgan fingerprint density at radius 2 is 1.92 bits per heavy atom. The lowest BCUT2D eigenvalue weighted by Gasteiger charge is -2.15. The third kappa shape index (κ3) is 2.77. The second kappa shape index (κ2) is 5.74. The maximum Gasteiger partial charge on any atom is 0.308 e. The number of hydrogen-bond acceptors (Lipinski definition) is 5. The van der Waals surface area contributed by atoms with Crippen LogP contribution >= 0.6 is 0 Å². The Balaban J connectivity index is 1.47. The van der Waals surface area contributed by atoms with E-state index in [2.05, 4.69) is 10.1 Å². The van der Waals surface area contributed by atoms with Crippen LogP contribution in [0.3, 0.4) is 0 Å². The van der Waals surface area contributed by atoms with E-state index in [1.54, 1.807) is 29.2 Å². The number of rotatable bonds is 4. The van der Waals surface area contributed by atoms with E-state index in [-0.39, 0.29) is 12.5 Å². The molecule has 1 atom stereocenters. The molecule has 0 radical (unpaired) electrons. The minimum absolute atomic E-state index is 0.144. The van der Waals surface area contributed by atoms with Crippen molar-refractivity contribution in [1.82, 2.24) is 15.0 Å². The van der Waals surface area contributed by atoms with Crippen LogP contribution in [0.4, 0.5) is 0 Å². The number of benzene rings is 1. The highest BCUT2D eigenvalue weighted by atomic mass is 16.5. The number of aliphatic carboxylic acids is 1. The van der Waals surface area contributed by atoms with Crippen LogP contribution in [0, 0.1) is 5.92 Å². The van der Waals surface area contributed by atoms with Gasteiger partial charge in [-0.2, -0.15) is 4.98 Å². The van der Waals surface area contributed by atoms with Gasteiger partial charge >= 0.3 is 5.97 Å². The minimum atomic E-state index is -0.844. The zero-order valence-corrected chi connectivity index (χ0v) is 13.0. The average molecular weight is 327 g/mol. The lowest BCUT2D eigenvalue weighted by molar-refractivity contribution is -0.141. The van der Waals surface area contributed by atoms with Crippen LogP contribution in [0.15, 0.2) is 28.8 Å². The number of likely N-dealkylation sites (tertiary alicyclic amines) is 1. The summed E-state index contributed by atoms with van der Waals surface area (Å²) < 4.78 is 5.27. The van der Waals surface area contributed by atoms with Gasteiger partial charge in [-0.1, -0.05) is 5.16 Å². The van der Waals surface area contributed by atoms with Gasteiger partial charge in [0.2, 0.25) is 0 Å². The highest BCUT2D eigenvalue weighted by molar-refractivity contribution is 5.95. The molecule has 0 bridgehead atoms. The van der Waals surface area contributed by atoms with Gasteiger partial charge in [-0.25, -0.2) is 0 Å². The van der Waals surface area contributed by atoms with Crippen LogP contribution in [0.5, 0.6) is 0 Å². The summed E-state index contributed by atoms with van der Waals surface area (Å²) in [6, 6.07) is 6.99. The topological polar surface area (TPSA) is 96.5 Å². The van der Waals surface area contributed by atoms with Crippen LogP contribution in [-0.4, -0.2) is 45.1 Å². The second-order valence-corrected chi connectivity index (χ2v) is 6.38. The highest BCUT2D eigenvalue weighted by Crippen LogP contribution is 2.38. The first kappa shape index (κ1) is 14.9. The molecule has 7 nitrogen and oxygen atoms in total. The monoisotopic (exact) mass is 327 g/mol. The molecule has 1 N–H and O–H groups in total. The predicted octanol–water partition coefficient (Wildman–Crippen LogP) is 2.16. The molecule has 1 unspecified atom stereocenters. The molecule has 1 aliphatic carbocycles. The maximum absolute atomic E-state index is 12.4. The molecule has 0 spiro atoms. The summed E-state index contributed by atoms with van der Waals surface area (Å²) in [5.41, 5.74) is 1.31. The number of carboxylic acid groups (broad SMARTS) is 1. The first-order chi connectivity index (χ1) is 11.6. The van der Waals surface area contributed by atoms with Crippen molar-refractivity contribution in [2.24, 2.45) is 5.92 Å². The van der Waals surface area contributed by atoms with Gasteiger partial charge in [-0.05, 0) is 43.5 Å². The Hall–Kier alpha value is -2.70. The molecule has 2 fully saturated rings. The summed E-state index contributed by atoms with van der Waals surface area (Å²) in [6.45, 7) is 0.746. The standard InChI is InChI=1S/C17H17N3O4/c21-16(20-8-7-13(9-20)17(22)23)12-5-3-11(4-6-12)15-18-14(19-24-15)10-1-2-10/h3-6,10,13H,1-2,7-9H2,(H,22,23). The van der Waals surface area contributed by atoms with Gasteiger partial charge in [-0.15, -0.1) is 0 Å². The Bertz CT molecular complexity index is 779. The average Bonchev–Trinajstić information content (AvgIpc) is 3.13. The van der Waals surface area contributed by atoms with Crippen molar-refractivity contribution in [1.29, 1.82) is 0 Å². The smallest absolute Gasteiger partial charge is 0.308 e. The molecule has 1 aromatic carbocycles. The van der Waals surface area contributed by atoms with E-state index in [1.165, 1.54) is 0 Å². The molecule has 24 heavy (non-hydrogen) atoms. The Labute approximate surface area is 138 Å². The van der Waals surface area contributed by atoms with E-state index >= 15 is 0 Å². The van der Waals surface area contributed by atoms with E-state index in [0.29, 0.717) is 30.3 Å². The van der Waals surface area contributed by atoms with Crippen LogP contribution < -0.4 is 0 Å². The molecule has 1 aliphatic heterocycles. The maximum atomic E-state index is 12.4. The van der Waals surface area contributed by atoms with Crippen molar-refractivity contribution in [3.8, 4) is 11.5 Å². The molecular formula is C17H17N3O4. The molecule has 2 aliphatic rings. The number of aromatic nitrogens is 2. The van der Waals surface area contributed by atoms with Gasteiger partial charge < -0.3 is 14.5 Å². The van der Waals surface area contributed by atoms with Gasteiger partial charge in [0.1, 0.15) is 0 Å². The lowest BCUT2D eigenvalue weighted by atomic mass is 10.1. The lowest BCUT2D eigenvalue weighted by Crippen LogP contribution is -2.29. The number of nitrogens with zero attached hydrogens (tertiary/aromatic N) is 3. The summed E-state index contributed by atoms with van der Waals surface area (Å²) in [6.07, 6.45) is 2.73. The van der Waals surface area contributed by atoms with Crippen LogP contribution in [0.25, 0.3) is 11.5 Å². The van der Waals surface area contributed by atoms with Crippen LogP contribution in [0.2, 0.25) is 0 Å². The number of hydrogen-bond donors (Lipinski definition) is 1. The third-order valence-corrected chi connectivity index (χ3v) is 4.59. The van der Waals surface area contributed by atoms with Gasteiger partial charge in [0, 0.05) is 30.1 Å². The second-order valence-electron chi connectivity index (χ2n) is 6.38. The number of carbonyl (C=O) groups excluding carboxylic acids is 1. The largest absolute Gasteiger partial charge is 0.481 e. The van der Waals surface area contributed by atoms with Gasteiger partial charge in [0.25, 0.3) is 11.8 Å². The Morgan fingerprint density at radius 1 is 1.17 bits per heavy atom. The number of amides is 1. The molecule has 2 aromatic rings. The van der Waals surface area contributed by atoms with E-state index in [0.717, 1.165) is 24.2 Å². The van der Waals surface area contributed by atoms with Crippen molar-refractivity contribution < 1.29 is 19.2 Å². The van der Waals surface area contributed by atoms with Crippen molar-refractivity contribution in [2.75, 3.05) is 13.1 Å². The van der Waals surface area contributed by atoms with Gasteiger partial charge in [0.15, 0.2) is 5.82 Å². The Kier molecular flexibility index (Phi) is 3.55. The first-order valence-corrected chi connectivity index (χ1v) is 8.08. The molecule has 1 saturated heterocycles. The van der Waals surface area contributed by atoms with Crippen molar-refractivity contribution >= 4 is 11.9 Å². The highest BCUT2D eigenvalue weighted by Gasteiger charge is 2.31. The fourth-order valence-corrected chi connectivity index (χ4v) is 2.94. The van der Waals surface area contributed by atoms with Crippen LogP contribution in [-0.2, 0) is 4.79 Å². The van der Waals surface area contributed by atoms with Crippen molar-refractivity contribution in [2.45, 2.75) is 25.2 Å². The summed E-state index contributed by atoms with van der Waals surface area (Å²) in [5, 5.41) is 13.0. The zero-order chi connectivity index (χ0) is 16.7. The van der Waals surface area contributed by atoms with E-state index < -0.39 is 11.9 Å². The molecule has 124 valence electrons. The number of carbonyl (C=O) groups is 2. The van der Waals surface area contributed by atoms with Gasteiger partial charge in [0.05, 0.1) is 5.92 Å². The summed E-state index contributed by atoms with van der Waals surface area (Å²) in [5.74, 6) is 0.191. The fraction of sp³-hybridized carbons (Fsp3) is 0.412. The molecule has 1 aromatic heterocycles. The zero-order valence-electron chi connectivity index (χ0n) is 13.0. The summed E-state index contributed by atoms with van der Waals surface area (Å²) in [4.78, 5) is 29.4. The van der Waals surface area contributed by atoms with Gasteiger partial charge in [-0.3, -0.25) is 9.59 Å². The molecule has 4 rings (SSSR count). The SMILES string of the molecule is O=C(O)C1CCN(C(=O)c2ccc(-c3nc(C4CC4)no3)cc2)C1. The Morgan fingerprint density at radius 3 is 2.54 bits per heavy atom. The molecule has 2 heterocycles. The summed E-state index contributed by atoms with van der Waals surface area (Å²) in [7, 11) is 0. The predicted molar refractivity (Wildman–Crippen MR) is 83.4 cm³/mol. The normalized spacial score (nSPS) is 20.3. The van der Waals surface area contributed by atoms with E-state index in [1.807, 2.05) is 0 Å². The van der Waals surface area contributed by atoms with Crippen molar-refractivity contribution in [3.63, 3.8) is 0 Å². The molecule has 1 saturated carbocycles. The number of carboxylic acids is 1. The van der Waals surface area contributed by atoms with Crippen molar-refractivity contribution in [3.05, 3.63) is 35.7 Å². The molecular weight excluding hydrogens is 310 g/mol. The van der Waals surface area contributed by atoms with E-state index in [9.17, 15) is 9.59 Å². The van der Waals surface area contributed by atoms with Crippen LogP contribution in [0.1, 0.15) is 41.4 Å². The third-order valence-electron chi connectivity index (χ3n) is 4.59. The molecule has 7 heteroatoms. The quantitative estimate of drug-likeness (QED) is 0.924. The van der Waals surface area contributed by atoms with E-state index in [4.69, 9.17) is 9.63 Å². The first-order valence-electron chi connectivity index (χ1n) is 8.08. The fourth-order valence-electron chi connectivity index (χ4n) is 2.94. The molecule has 1 amide bonds. The minimum Gasteiger partial charge on any atom is -0.481 e. The summed E-state index contributed by atoms with van der Waals surface area (Å²) >= 11 is 0.